The molecule has 0 saturated heterocycles. The quantitative estimate of drug-likeness (QED) is 0.786. The highest BCUT2D eigenvalue weighted by Crippen LogP contribution is 2.14. The van der Waals surface area contributed by atoms with E-state index in [2.05, 4.69) is 10.3 Å². The number of hydrogen-bond acceptors (Lipinski definition) is 4. The number of aromatic nitrogens is 3. The van der Waals surface area contributed by atoms with Crippen LogP contribution in [0.5, 0.6) is 0 Å². The van der Waals surface area contributed by atoms with E-state index < -0.39 is 5.97 Å². The molecule has 0 aliphatic carbocycles. The summed E-state index contributed by atoms with van der Waals surface area (Å²) in [5.41, 5.74) is 1.69. The van der Waals surface area contributed by atoms with Crippen molar-refractivity contribution in [2.75, 3.05) is 13.2 Å². The minimum atomic E-state index is -0.945. The third-order valence-corrected chi connectivity index (χ3v) is 2.62. The van der Waals surface area contributed by atoms with Gasteiger partial charge in [-0.05, 0) is 31.5 Å². The summed E-state index contributed by atoms with van der Waals surface area (Å²) < 4.78 is 6.96. The lowest BCUT2D eigenvalue weighted by molar-refractivity contribution is 0.0697. The molecule has 1 N–H and O–H groups in total. The average molecular weight is 249 g/mol. The standard InChI is InChI=1S/C12H15N3O3/c1-2-18-7-3-6-15-11-8-9(12(16)17)4-5-10(11)13-14-15/h4-5,8H,2-3,6-7H2,1H3,(H,16,17). The predicted molar refractivity (Wildman–Crippen MR) is 65.6 cm³/mol. The fourth-order valence-corrected chi connectivity index (χ4v) is 1.72. The van der Waals surface area contributed by atoms with Crippen LogP contribution in [0.25, 0.3) is 11.0 Å². The van der Waals surface area contributed by atoms with Gasteiger partial charge in [-0.1, -0.05) is 5.21 Å². The van der Waals surface area contributed by atoms with Gasteiger partial charge in [0.1, 0.15) is 5.52 Å². The normalized spacial score (nSPS) is 10.9. The Kier molecular flexibility index (Phi) is 3.88. The number of carboxylic acids is 1. The summed E-state index contributed by atoms with van der Waals surface area (Å²) in [5.74, 6) is -0.945. The molecule has 0 spiro atoms. The summed E-state index contributed by atoms with van der Waals surface area (Å²) in [4.78, 5) is 10.9. The highest BCUT2D eigenvalue weighted by molar-refractivity contribution is 5.92. The van der Waals surface area contributed by atoms with Crippen LogP contribution in [0.2, 0.25) is 0 Å². The number of aromatic carboxylic acids is 1. The van der Waals surface area contributed by atoms with Crippen LogP contribution in [-0.4, -0.2) is 39.3 Å². The van der Waals surface area contributed by atoms with Crippen LogP contribution in [0.4, 0.5) is 0 Å². The SMILES string of the molecule is CCOCCCn1nnc2ccc(C(=O)O)cc21. The molecule has 1 heterocycles. The first-order valence-corrected chi connectivity index (χ1v) is 5.86. The van der Waals surface area contributed by atoms with Gasteiger partial charge in [0.2, 0.25) is 0 Å². The monoisotopic (exact) mass is 249 g/mol. The Morgan fingerprint density at radius 2 is 2.33 bits per heavy atom. The zero-order valence-electron chi connectivity index (χ0n) is 10.2. The van der Waals surface area contributed by atoms with Gasteiger partial charge in [0.05, 0.1) is 11.1 Å². The number of nitrogens with zero attached hydrogens (tertiary/aromatic N) is 3. The highest BCUT2D eigenvalue weighted by atomic mass is 16.5. The van der Waals surface area contributed by atoms with Gasteiger partial charge in [0, 0.05) is 19.8 Å². The smallest absolute Gasteiger partial charge is 0.335 e. The van der Waals surface area contributed by atoms with Crippen molar-refractivity contribution in [2.24, 2.45) is 0 Å². The molecule has 6 heteroatoms. The second kappa shape index (κ2) is 5.59. The van der Waals surface area contributed by atoms with Crippen molar-refractivity contribution in [3.05, 3.63) is 23.8 Å². The molecule has 18 heavy (non-hydrogen) atoms. The molecule has 2 rings (SSSR count). The first kappa shape index (κ1) is 12.5. The van der Waals surface area contributed by atoms with Gasteiger partial charge in [0.25, 0.3) is 0 Å². The Balaban J connectivity index is 2.17. The number of hydrogen-bond donors (Lipinski definition) is 1. The molecular weight excluding hydrogens is 234 g/mol. The third kappa shape index (κ3) is 2.65. The Bertz CT molecular complexity index is 550. The molecule has 2 aromatic rings. The van der Waals surface area contributed by atoms with E-state index in [4.69, 9.17) is 9.84 Å². The van der Waals surface area contributed by atoms with Crippen LogP contribution in [0, 0.1) is 0 Å². The molecule has 0 atom stereocenters. The van der Waals surface area contributed by atoms with Gasteiger partial charge < -0.3 is 9.84 Å². The molecule has 6 nitrogen and oxygen atoms in total. The van der Waals surface area contributed by atoms with E-state index in [9.17, 15) is 4.79 Å². The molecule has 0 saturated carbocycles. The maximum Gasteiger partial charge on any atom is 0.335 e. The molecule has 0 fully saturated rings. The van der Waals surface area contributed by atoms with Gasteiger partial charge in [-0.25, -0.2) is 9.48 Å². The summed E-state index contributed by atoms with van der Waals surface area (Å²) in [7, 11) is 0. The van der Waals surface area contributed by atoms with Crippen LogP contribution in [0.3, 0.4) is 0 Å². The molecule has 0 bridgehead atoms. The zero-order valence-corrected chi connectivity index (χ0v) is 10.2. The molecule has 0 unspecified atom stereocenters. The number of benzene rings is 1. The van der Waals surface area contributed by atoms with Crippen LogP contribution < -0.4 is 0 Å². The topological polar surface area (TPSA) is 77.2 Å². The second-order valence-electron chi connectivity index (χ2n) is 3.87. The lowest BCUT2D eigenvalue weighted by Gasteiger charge is -2.03. The molecule has 1 aromatic heterocycles. The summed E-state index contributed by atoms with van der Waals surface area (Å²) in [6.45, 7) is 3.97. The fraction of sp³-hybridized carbons (Fsp3) is 0.417. The average Bonchev–Trinajstić information content (AvgIpc) is 2.77. The van der Waals surface area contributed by atoms with Crippen LogP contribution in [0.15, 0.2) is 18.2 Å². The van der Waals surface area contributed by atoms with Crippen LogP contribution in [0.1, 0.15) is 23.7 Å². The Hall–Kier alpha value is -1.95. The van der Waals surface area contributed by atoms with Crippen LogP contribution in [-0.2, 0) is 11.3 Å². The number of carbonyl (C=O) groups is 1. The van der Waals surface area contributed by atoms with Crippen molar-refractivity contribution in [1.29, 1.82) is 0 Å². The van der Waals surface area contributed by atoms with Gasteiger partial charge in [-0.3, -0.25) is 0 Å². The van der Waals surface area contributed by atoms with E-state index in [0.29, 0.717) is 25.3 Å². The van der Waals surface area contributed by atoms with Crippen molar-refractivity contribution in [2.45, 2.75) is 19.9 Å². The molecule has 0 amide bonds. The number of ether oxygens (including phenoxy) is 1. The van der Waals surface area contributed by atoms with E-state index >= 15 is 0 Å². The Morgan fingerprint density at radius 3 is 3.06 bits per heavy atom. The summed E-state index contributed by atoms with van der Waals surface area (Å²) in [6.07, 6.45) is 0.823. The zero-order chi connectivity index (χ0) is 13.0. The van der Waals surface area contributed by atoms with E-state index in [-0.39, 0.29) is 5.56 Å². The van der Waals surface area contributed by atoms with Crippen molar-refractivity contribution in [1.82, 2.24) is 15.0 Å². The molecule has 0 radical (unpaired) electrons. The first-order valence-electron chi connectivity index (χ1n) is 5.86. The second-order valence-corrected chi connectivity index (χ2v) is 3.87. The van der Waals surface area contributed by atoms with Gasteiger partial charge in [-0.15, -0.1) is 5.10 Å². The number of aryl methyl sites for hydroxylation is 1. The number of fused-ring (bicyclic) bond motifs is 1. The lowest BCUT2D eigenvalue weighted by atomic mass is 10.2. The Labute approximate surface area is 104 Å². The maximum absolute atomic E-state index is 10.9. The van der Waals surface area contributed by atoms with Crippen molar-refractivity contribution in [3.8, 4) is 0 Å². The highest BCUT2D eigenvalue weighted by Gasteiger charge is 2.08. The van der Waals surface area contributed by atoms with Crippen molar-refractivity contribution >= 4 is 17.0 Å². The summed E-state index contributed by atoms with van der Waals surface area (Å²) >= 11 is 0. The lowest BCUT2D eigenvalue weighted by Crippen LogP contribution is -2.05. The fourth-order valence-electron chi connectivity index (χ4n) is 1.72. The molecule has 1 aromatic carbocycles. The van der Waals surface area contributed by atoms with E-state index in [1.807, 2.05) is 6.92 Å². The van der Waals surface area contributed by atoms with Gasteiger partial charge in [0.15, 0.2) is 0 Å². The van der Waals surface area contributed by atoms with E-state index in [1.165, 1.54) is 6.07 Å². The number of rotatable bonds is 6. The van der Waals surface area contributed by atoms with Gasteiger partial charge >= 0.3 is 5.97 Å². The van der Waals surface area contributed by atoms with E-state index in [1.54, 1.807) is 16.8 Å². The Morgan fingerprint density at radius 1 is 1.50 bits per heavy atom. The van der Waals surface area contributed by atoms with Crippen molar-refractivity contribution < 1.29 is 14.6 Å². The summed E-state index contributed by atoms with van der Waals surface area (Å²) in [6, 6.07) is 4.80. The molecule has 96 valence electrons. The predicted octanol–water partition coefficient (Wildman–Crippen LogP) is 1.56. The number of carboxylic acid groups (broad SMARTS) is 1. The van der Waals surface area contributed by atoms with Crippen LogP contribution >= 0.6 is 0 Å². The van der Waals surface area contributed by atoms with Crippen molar-refractivity contribution in [3.63, 3.8) is 0 Å². The summed E-state index contributed by atoms with van der Waals surface area (Å²) in [5, 5.41) is 17.0. The largest absolute Gasteiger partial charge is 0.478 e. The third-order valence-electron chi connectivity index (χ3n) is 2.62. The first-order chi connectivity index (χ1) is 8.72. The molecule has 0 aliphatic rings. The molecular formula is C12H15N3O3. The minimum Gasteiger partial charge on any atom is -0.478 e. The minimum absolute atomic E-state index is 0.246. The molecule has 0 aliphatic heterocycles. The van der Waals surface area contributed by atoms with Gasteiger partial charge in [-0.2, -0.15) is 0 Å². The van der Waals surface area contributed by atoms with E-state index in [0.717, 1.165) is 11.9 Å². The maximum atomic E-state index is 10.9.